The second-order valence-electron chi connectivity index (χ2n) is 2.86. The molecule has 1 rings (SSSR count). The van der Waals surface area contributed by atoms with Crippen molar-refractivity contribution >= 4 is 0 Å². The molecule has 68 valence electrons. The van der Waals surface area contributed by atoms with Crippen LogP contribution in [0.2, 0.25) is 0 Å². The molecule has 0 aliphatic carbocycles. The van der Waals surface area contributed by atoms with E-state index in [2.05, 4.69) is 16.5 Å². The summed E-state index contributed by atoms with van der Waals surface area (Å²) in [7, 11) is 1.70. The van der Waals surface area contributed by atoms with Gasteiger partial charge in [0.25, 0.3) is 0 Å². The summed E-state index contributed by atoms with van der Waals surface area (Å²) >= 11 is 0. The van der Waals surface area contributed by atoms with Gasteiger partial charge in [0.1, 0.15) is 11.9 Å². The standard InChI is InChI=1S/C9H16N2O/c1-4-6-11-7-5-10-9(11)8(2)12-3/h5,7-8H,4,6H2,1-3H3. The molecule has 1 aromatic rings. The zero-order valence-corrected chi connectivity index (χ0v) is 7.95. The molecule has 0 fully saturated rings. The molecule has 3 heteroatoms. The van der Waals surface area contributed by atoms with E-state index in [0.717, 1.165) is 18.8 Å². The Labute approximate surface area is 73.4 Å². The third-order valence-corrected chi connectivity index (χ3v) is 1.93. The van der Waals surface area contributed by atoms with E-state index in [0.29, 0.717) is 0 Å². The van der Waals surface area contributed by atoms with Crippen LogP contribution in [0.3, 0.4) is 0 Å². The molecule has 0 bridgehead atoms. The quantitative estimate of drug-likeness (QED) is 0.687. The van der Waals surface area contributed by atoms with Gasteiger partial charge in [0, 0.05) is 26.0 Å². The van der Waals surface area contributed by atoms with Crippen LogP contribution in [0.1, 0.15) is 32.2 Å². The normalized spacial score (nSPS) is 13.2. The smallest absolute Gasteiger partial charge is 0.137 e. The van der Waals surface area contributed by atoms with Crippen LogP contribution < -0.4 is 0 Å². The zero-order valence-electron chi connectivity index (χ0n) is 7.95. The van der Waals surface area contributed by atoms with Gasteiger partial charge < -0.3 is 9.30 Å². The van der Waals surface area contributed by atoms with Gasteiger partial charge in [-0.25, -0.2) is 4.98 Å². The van der Waals surface area contributed by atoms with Crippen LogP contribution in [-0.2, 0) is 11.3 Å². The van der Waals surface area contributed by atoms with Crippen molar-refractivity contribution in [1.82, 2.24) is 9.55 Å². The average molecular weight is 168 g/mol. The highest BCUT2D eigenvalue weighted by molar-refractivity contribution is 4.95. The summed E-state index contributed by atoms with van der Waals surface area (Å²) in [6.07, 6.45) is 5.03. The predicted molar refractivity (Wildman–Crippen MR) is 47.9 cm³/mol. The van der Waals surface area contributed by atoms with E-state index in [-0.39, 0.29) is 6.10 Å². The van der Waals surface area contributed by atoms with Crippen LogP contribution in [0, 0.1) is 0 Å². The second kappa shape index (κ2) is 4.26. The van der Waals surface area contributed by atoms with Crippen molar-refractivity contribution in [2.45, 2.75) is 32.9 Å². The first kappa shape index (κ1) is 9.26. The van der Waals surface area contributed by atoms with Gasteiger partial charge in [-0.1, -0.05) is 6.92 Å². The SMILES string of the molecule is CCCn1ccnc1C(C)OC. The molecule has 0 spiro atoms. The summed E-state index contributed by atoms with van der Waals surface area (Å²) in [5.41, 5.74) is 0. The van der Waals surface area contributed by atoms with Crippen LogP contribution in [0.5, 0.6) is 0 Å². The minimum absolute atomic E-state index is 0.0894. The molecule has 0 radical (unpaired) electrons. The Morgan fingerprint density at radius 3 is 3.00 bits per heavy atom. The maximum absolute atomic E-state index is 5.20. The molecular weight excluding hydrogens is 152 g/mol. The predicted octanol–water partition coefficient (Wildman–Crippen LogP) is 2.00. The fourth-order valence-corrected chi connectivity index (χ4v) is 1.21. The van der Waals surface area contributed by atoms with Crippen LogP contribution in [0.4, 0.5) is 0 Å². The minimum Gasteiger partial charge on any atom is -0.374 e. The lowest BCUT2D eigenvalue weighted by Gasteiger charge is -2.11. The highest BCUT2D eigenvalue weighted by atomic mass is 16.5. The molecule has 0 aromatic carbocycles. The molecular formula is C9H16N2O. The fraction of sp³-hybridized carbons (Fsp3) is 0.667. The lowest BCUT2D eigenvalue weighted by molar-refractivity contribution is 0.108. The molecule has 0 amide bonds. The third-order valence-electron chi connectivity index (χ3n) is 1.93. The fourth-order valence-electron chi connectivity index (χ4n) is 1.21. The molecule has 1 heterocycles. The van der Waals surface area contributed by atoms with Crippen molar-refractivity contribution < 1.29 is 4.74 Å². The summed E-state index contributed by atoms with van der Waals surface area (Å²) in [6, 6.07) is 0. The van der Waals surface area contributed by atoms with Gasteiger partial charge in [0.15, 0.2) is 0 Å². The van der Waals surface area contributed by atoms with Crippen molar-refractivity contribution in [2.24, 2.45) is 0 Å². The van der Waals surface area contributed by atoms with Crippen molar-refractivity contribution in [3.63, 3.8) is 0 Å². The summed E-state index contributed by atoms with van der Waals surface area (Å²) in [4.78, 5) is 4.24. The number of ether oxygens (including phenoxy) is 1. The van der Waals surface area contributed by atoms with Crippen LogP contribution in [0.15, 0.2) is 12.4 Å². The topological polar surface area (TPSA) is 27.1 Å². The van der Waals surface area contributed by atoms with E-state index in [9.17, 15) is 0 Å². The number of aryl methyl sites for hydroxylation is 1. The molecule has 12 heavy (non-hydrogen) atoms. The first-order valence-corrected chi connectivity index (χ1v) is 4.33. The Kier molecular flexibility index (Phi) is 3.29. The number of hydrogen-bond donors (Lipinski definition) is 0. The number of rotatable bonds is 4. The Hall–Kier alpha value is -0.830. The van der Waals surface area contributed by atoms with E-state index >= 15 is 0 Å². The Bertz CT molecular complexity index is 232. The van der Waals surface area contributed by atoms with E-state index in [1.54, 1.807) is 7.11 Å². The van der Waals surface area contributed by atoms with Gasteiger partial charge in [-0.2, -0.15) is 0 Å². The lowest BCUT2D eigenvalue weighted by Crippen LogP contribution is -2.07. The molecule has 0 aliphatic heterocycles. The van der Waals surface area contributed by atoms with Crippen LogP contribution in [-0.4, -0.2) is 16.7 Å². The van der Waals surface area contributed by atoms with Crippen LogP contribution in [0.25, 0.3) is 0 Å². The monoisotopic (exact) mass is 168 g/mol. The van der Waals surface area contributed by atoms with Gasteiger partial charge in [-0.15, -0.1) is 0 Å². The van der Waals surface area contributed by atoms with E-state index in [1.807, 2.05) is 19.3 Å². The molecule has 0 saturated carbocycles. The summed E-state index contributed by atoms with van der Waals surface area (Å²) in [5.74, 6) is 1.01. The number of imidazole rings is 1. The van der Waals surface area contributed by atoms with Crippen molar-refractivity contribution in [1.29, 1.82) is 0 Å². The van der Waals surface area contributed by atoms with Gasteiger partial charge in [0.05, 0.1) is 0 Å². The van der Waals surface area contributed by atoms with Gasteiger partial charge >= 0.3 is 0 Å². The highest BCUT2D eigenvalue weighted by Gasteiger charge is 2.09. The number of aromatic nitrogens is 2. The molecule has 0 N–H and O–H groups in total. The molecule has 0 aliphatic rings. The van der Waals surface area contributed by atoms with Gasteiger partial charge in [-0.05, 0) is 13.3 Å². The minimum atomic E-state index is 0.0894. The first-order valence-electron chi connectivity index (χ1n) is 4.33. The summed E-state index contributed by atoms with van der Waals surface area (Å²) in [5, 5.41) is 0. The zero-order chi connectivity index (χ0) is 8.97. The van der Waals surface area contributed by atoms with E-state index in [4.69, 9.17) is 4.74 Å². The number of nitrogens with zero attached hydrogens (tertiary/aromatic N) is 2. The third kappa shape index (κ3) is 1.85. The maximum atomic E-state index is 5.20. The number of methoxy groups -OCH3 is 1. The van der Waals surface area contributed by atoms with Crippen molar-refractivity contribution in [3.05, 3.63) is 18.2 Å². The highest BCUT2D eigenvalue weighted by Crippen LogP contribution is 2.13. The maximum Gasteiger partial charge on any atom is 0.137 e. The lowest BCUT2D eigenvalue weighted by atomic mass is 10.3. The Morgan fingerprint density at radius 1 is 1.67 bits per heavy atom. The van der Waals surface area contributed by atoms with Crippen molar-refractivity contribution in [2.75, 3.05) is 7.11 Å². The largest absolute Gasteiger partial charge is 0.374 e. The van der Waals surface area contributed by atoms with Crippen molar-refractivity contribution in [3.8, 4) is 0 Å². The Morgan fingerprint density at radius 2 is 2.42 bits per heavy atom. The second-order valence-corrected chi connectivity index (χ2v) is 2.86. The molecule has 1 unspecified atom stereocenters. The number of hydrogen-bond acceptors (Lipinski definition) is 2. The molecule has 3 nitrogen and oxygen atoms in total. The van der Waals surface area contributed by atoms with Gasteiger partial charge in [0.2, 0.25) is 0 Å². The molecule has 1 aromatic heterocycles. The van der Waals surface area contributed by atoms with Gasteiger partial charge in [-0.3, -0.25) is 0 Å². The molecule has 0 saturated heterocycles. The summed E-state index contributed by atoms with van der Waals surface area (Å²) < 4.78 is 7.33. The average Bonchev–Trinajstić information content (AvgIpc) is 2.52. The van der Waals surface area contributed by atoms with E-state index < -0.39 is 0 Å². The van der Waals surface area contributed by atoms with Crippen LogP contribution >= 0.6 is 0 Å². The Balaban J connectivity index is 2.76. The molecule has 1 atom stereocenters. The summed E-state index contributed by atoms with van der Waals surface area (Å²) in [6.45, 7) is 5.18. The van der Waals surface area contributed by atoms with E-state index in [1.165, 1.54) is 0 Å². The first-order chi connectivity index (χ1) is 5.79.